The molecule has 0 N–H and O–H groups in total. The first-order valence-corrected chi connectivity index (χ1v) is 10.6. The Morgan fingerprint density at radius 1 is 1.19 bits per heavy atom. The van der Waals surface area contributed by atoms with Crippen LogP contribution in [0.25, 0.3) is 11.1 Å². The molecule has 4 heterocycles. The van der Waals surface area contributed by atoms with Crippen molar-refractivity contribution in [3.8, 4) is 5.88 Å². The van der Waals surface area contributed by atoms with Crippen LogP contribution >= 0.6 is 0 Å². The maximum atomic E-state index is 13.1. The molecule has 32 heavy (non-hydrogen) atoms. The molecule has 9 nitrogen and oxygen atoms in total. The second kappa shape index (κ2) is 8.33. The molecule has 4 aromatic rings. The van der Waals surface area contributed by atoms with Gasteiger partial charge in [0.05, 0.1) is 5.52 Å². The van der Waals surface area contributed by atoms with Gasteiger partial charge in [-0.05, 0) is 25.1 Å². The number of ether oxygens (including phenoxy) is 1. The van der Waals surface area contributed by atoms with Crippen LogP contribution in [0.3, 0.4) is 0 Å². The molecular formula is C23H23N5O4. The van der Waals surface area contributed by atoms with Crippen molar-refractivity contribution in [3.05, 3.63) is 76.2 Å². The van der Waals surface area contributed by atoms with Gasteiger partial charge in [-0.15, -0.1) is 0 Å². The highest BCUT2D eigenvalue weighted by atomic mass is 16.5. The highest BCUT2D eigenvalue weighted by molar-refractivity contribution is 5.79. The van der Waals surface area contributed by atoms with E-state index in [1.165, 1.54) is 4.57 Å². The van der Waals surface area contributed by atoms with E-state index in [0.29, 0.717) is 36.5 Å². The second-order valence-electron chi connectivity index (χ2n) is 7.63. The normalized spacial score (nSPS) is 13.3. The van der Waals surface area contributed by atoms with E-state index in [1.807, 2.05) is 29.8 Å². The average Bonchev–Trinajstić information content (AvgIpc) is 3.34. The summed E-state index contributed by atoms with van der Waals surface area (Å²) in [5, 5.41) is 4.71. The number of aryl methyl sites for hydroxylation is 1. The van der Waals surface area contributed by atoms with Crippen LogP contribution in [0.1, 0.15) is 23.9 Å². The van der Waals surface area contributed by atoms with E-state index in [2.05, 4.69) is 4.98 Å². The summed E-state index contributed by atoms with van der Waals surface area (Å²) >= 11 is 0. The van der Waals surface area contributed by atoms with E-state index in [-0.39, 0.29) is 19.1 Å². The van der Waals surface area contributed by atoms with Gasteiger partial charge in [-0.1, -0.05) is 18.2 Å². The van der Waals surface area contributed by atoms with Gasteiger partial charge >= 0.3 is 5.76 Å². The summed E-state index contributed by atoms with van der Waals surface area (Å²) in [4.78, 5) is 31.3. The molecule has 1 aliphatic rings. The SMILES string of the molecule is CCn1nc(COc2ccccn2)c2c1CCN(C(=O)Cn1c(=O)oc3ccccc31)C2. The summed E-state index contributed by atoms with van der Waals surface area (Å²) in [6.45, 7) is 4.01. The molecule has 1 aliphatic heterocycles. The fourth-order valence-corrected chi connectivity index (χ4v) is 4.13. The molecule has 0 spiro atoms. The average molecular weight is 433 g/mol. The summed E-state index contributed by atoms with van der Waals surface area (Å²) in [6.07, 6.45) is 2.38. The molecule has 9 heteroatoms. The highest BCUT2D eigenvalue weighted by Crippen LogP contribution is 2.24. The Morgan fingerprint density at radius 2 is 2.03 bits per heavy atom. The topological polar surface area (TPSA) is 95.4 Å². The van der Waals surface area contributed by atoms with Crippen molar-refractivity contribution in [3.63, 3.8) is 0 Å². The number of carbonyl (C=O) groups is 1. The van der Waals surface area contributed by atoms with Crippen molar-refractivity contribution in [2.45, 2.75) is 39.6 Å². The van der Waals surface area contributed by atoms with Crippen LogP contribution in [0, 0.1) is 0 Å². The minimum absolute atomic E-state index is 0.0626. The molecule has 1 amide bonds. The van der Waals surface area contributed by atoms with Crippen LogP contribution in [-0.2, 0) is 37.5 Å². The Labute approximate surface area is 183 Å². The Balaban J connectivity index is 1.36. The largest absolute Gasteiger partial charge is 0.471 e. The zero-order chi connectivity index (χ0) is 22.1. The summed E-state index contributed by atoms with van der Waals surface area (Å²) in [5.41, 5.74) is 4.03. The Bertz CT molecular complexity index is 1320. The maximum absolute atomic E-state index is 13.1. The van der Waals surface area contributed by atoms with E-state index in [0.717, 1.165) is 23.5 Å². The molecule has 0 radical (unpaired) electrons. The molecule has 0 unspecified atom stereocenters. The van der Waals surface area contributed by atoms with Gasteiger partial charge in [0, 0.05) is 49.6 Å². The Hall–Kier alpha value is -3.88. The van der Waals surface area contributed by atoms with Gasteiger partial charge in [-0.3, -0.25) is 14.0 Å². The summed E-state index contributed by atoms with van der Waals surface area (Å²) in [7, 11) is 0. The number of hydrogen-bond donors (Lipinski definition) is 0. The molecule has 0 saturated carbocycles. The van der Waals surface area contributed by atoms with Crippen LogP contribution < -0.4 is 10.5 Å². The molecule has 0 atom stereocenters. The summed E-state index contributed by atoms with van der Waals surface area (Å²) < 4.78 is 14.4. The third-order valence-electron chi connectivity index (χ3n) is 5.73. The van der Waals surface area contributed by atoms with Crippen molar-refractivity contribution >= 4 is 17.0 Å². The first kappa shape index (κ1) is 20.0. The van der Waals surface area contributed by atoms with E-state index < -0.39 is 5.76 Å². The van der Waals surface area contributed by atoms with Crippen molar-refractivity contribution in [1.29, 1.82) is 0 Å². The lowest BCUT2D eigenvalue weighted by molar-refractivity contribution is -0.132. The second-order valence-corrected chi connectivity index (χ2v) is 7.63. The molecule has 0 bridgehead atoms. The quantitative estimate of drug-likeness (QED) is 0.463. The number of oxazole rings is 1. The lowest BCUT2D eigenvalue weighted by Gasteiger charge is -2.28. The monoisotopic (exact) mass is 433 g/mol. The number of rotatable bonds is 6. The number of aromatic nitrogens is 4. The van der Waals surface area contributed by atoms with E-state index in [4.69, 9.17) is 14.3 Å². The third-order valence-corrected chi connectivity index (χ3v) is 5.73. The molecule has 3 aromatic heterocycles. The van der Waals surface area contributed by atoms with Gasteiger partial charge in [-0.2, -0.15) is 5.10 Å². The molecule has 164 valence electrons. The lowest BCUT2D eigenvalue weighted by Crippen LogP contribution is -2.39. The van der Waals surface area contributed by atoms with Gasteiger partial charge in [0.2, 0.25) is 11.8 Å². The van der Waals surface area contributed by atoms with E-state index in [9.17, 15) is 9.59 Å². The molecule has 0 aliphatic carbocycles. The lowest BCUT2D eigenvalue weighted by atomic mass is 10.0. The van der Waals surface area contributed by atoms with Gasteiger partial charge in [-0.25, -0.2) is 9.78 Å². The molecule has 5 rings (SSSR count). The van der Waals surface area contributed by atoms with Gasteiger partial charge in [0.15, 0.2) is 5.58 Å². The third kappa shape index (κ3) is 3.66. The fraction of sp³-hybridized carbons (Fsp3) is 0.304. The number of pyridine rings is 1. The fourth-order valence-electron chi connectivity index (χ4n) is 4.13. The van der Waals surface area contributed by atoms with Crippen LogP contribution in [0.4, 0.5) is 0 Å². The number of hydrogen-bond acceptors (Lipinski definition) is 6. The molecule has 0 fully saturated rings. The first-order valence-electron chi connectivity index (χ1n) is 10.6. The van der Waals surface area contributed by atoms with Crippen molar-refractivity contribution < 1.29 is 13.9 Å². The van der Waals surface area contributed by atoms with Crippen molar-refractivity contribution in [1.82, 2.24) is 24.2 Å². The number of carbonyl (C=O) groups excluding carboxylic acids is 1. The summed E-state index contributed by atoms with van der Waals surface area (Å²) in [5.74, 6) is -0.132. The minimum Gasteiger partial charge on any atom is -0.471 e. The van der Waals surface area contributed by atoms with Crippen LogP contribution in [-0.4, -0.2) is 36.7 Å². The van der Waals surface area contributed by atoms with Crippen LogP contribution in [0.5, 0.6) is 5.88 Å². The Kier molecular flexibility index (Phi) is 5.22. The highest BCUT2D eigenvalue weighted by Gasteiger charge is 2.28. The Morgan fingerprint density at radius 3 is 2.84 bits per heavy atom. The molecule has 1 aromatic carbocycles. The maximum Gasteiger partial charge on any atom is 0.420 e. The van der Waals surface area contributed by atoms with Gasteiger partial charge in [0.25, 0.3) is 0 Å². The van der Waals surface area contributed by atoms with E-state index in [1.54, 1.807) is 35.4 Å². The number of para-hydroxylation sites is 2. The van der Waals surface area contributed by atoms with Gasteiger partial charge < -0.3 is 14.1 Å². The zero-order valence-electron chi connectivity index (χ0n) is 17.7. The summed E-state index contributed by atoms with van der Waals surface area (Å²) in [6, 6.07) is 12.6. The molecular weight excluding hydrogens is 410 g/mol. The van der Waals surface area contributed by atoms with Crippen LogP contribution in [0.2, 0.25) is 0 Å². The smallest absolute Gasteiger partial charge is 0.420 e. The van der Waals surface area contributed by atoms with Gasteiger partial charge in [0.1, 0.15) is 18.8 Å². The number of amides is 1. The van der Waals surface area contributed by atoms with Crippen molar-refractivity contribution in [2.75, 3.05) is 6.54 Å². The number of fused-ring (bicyclic) bond motifs is 2. The van der Waals surface area contributed by atoms with Crippen molar-refractivity contribution in [2.24, 2.45) is 0 Å². The minimum atomic E-state index is -0.527. The number of nitrogens with zero attached hydrogens (tertiary/aromatic N) is 5. The first-order chi connectivity index (χ1) is 15.6. The zero-order valence-corrected chi connectivity index (χ0v) is 17.7. The predicted octanol–water partition coefficient (Wildman–Crippen LogP) is 2.37. The van der Waals surface area contributed by atoms with Crippen LogP contribution in [0.15, 0.2) is 57.9 Å². The number of benzene rings is 1. The predicted molar refractivity (Wildman–Crippen MR) is 116 cm³/mol. The van der Waals surface area contributed by atoms with E-state index >= 15 is 0 Å². The molecule has 0 saturated heterocycles. The standard InChI is InChI=1S/C23H23N5O4/c1-2-28-18-10-12-26(13-16(18)17(25-28)15-31-21-9-5-6-11-24-21)22(29)14-27-19-7-3-4-8-20(19)32-23(27)30/h3-9,11H,2,10,12-15H2,1H3.